The topological polar surface area (TPSA) is 40.5 Å². The third-order valence-electron chi connectivity index (χ3n) is 7.42. The number of hydrogen-bond acceptors (Lipinski definition) is 2. The molecular weight excluding hydrogens is 212 g/mol. The number of rotatable bonds is 1. The Morgan fingerprint density at radius 3 is 2.41 bits per heavy atom. The second-order valence-electron chi connectivity index (χ2n) is 7.68. The molecule has 2 nitrogen and oxygen atoms in total. The van der Waals surface area contributed by atoms with Crippen LogP contribution in [0, 0.1) is 22.2 Å². The third-order valence-corrected chi connectivity index (χ3v) is 7.42. The van der Waals surface area contributed by atoms with Crippen LogP contribution >= 0.6 is 0 Å². The maximum atomic E-state index is 10.8. The van der Waals surface area contributed by atoms with Gasteiger partial charge in [-0.2, -0.15) is 0 Å². The largest absolute Gasteiger partial charge is 0.393 e. The summed E-state index contributed by atoms with van der Waals surface area (Å²) < 4.78 is 0. The molecule has 0 aromatic rings. The van der Waals surface area contributed by atoms with Gasteiger partial charge < -0.3 is 10.2 Å². The van der Waals surface area contributed by atoms with E-state index in [9.17, 15) is 10.2 Å². The van der Waals surface area contributed by atoms with E-state index in [4.69, 9.17) is 0 Å². The zero-order valence-corrected chi connectivity index (χ0v) is 11.4. The first-order valence-corrected chi connectivity index (χ1v) is 7.15. The molecule has 0 amide bonds. The number of fused-ring (bicyclic) bond motifs is 5. The van der Waals surface area contributed by atoms with Crippen molar-refractivity contribution < 1.29 is 10.2 Å². The van der Waals surface area contributed by atoms with E-state index in [2.05, 4.69) is 20.8 Å². The van der Waals surface area contributed by atoms with Crippen molar-refractivity contribution in [2.24, 2.45) is 22.2 Å². The molecule has 5 atom stereocenters. The Labute approximate surface area is 104 Å². The van der Waals surface area contributed by atoms with Crippen LogP contribution in [0.2, 0.25) is 0 Å². The second kappa shape index (κ2) is 3.08. The highest BCUT2D eigenvalue weighted by Crippen LogP contribution is 2.77. The molecular formula is C15H26O2. The Bertz CT molecular complexity index is 355. The van der Waals surface area contributed by atoms with Crippen LogP contribution in [0.15, 0.2) is 0 Å². The van der Waals surface area contributed by atoms with E-state index in [-0.39, 0.29) is 12.0 Å². The summed E-state index contributed by atoms with van der Waals surface area (Å²) in [6.45, 7) is 7.19. The third kappa shape index (κ3) is 1.10. The first-order valence-electron chi connectivity index (χ1n) is 7.15. The fraction of sp³-hybridized carbons (Fsp3) is 1.00. The molecule has 2 bridgehead atoms. The number of aliphatic hydroxyl groups is 2. The molecule has 3 aliphatic carbocycles. The van der Waals surface area contributed by atoms with Gasteiger partial charge in [0.05, 0.1) is 12.2 Å². The molecule has 98 valence electrons. The summed E-state index contributed by atoms with van der Waals surface area (Å²) in [4.78, 5) is 0. The van der Waals surface area contributed by atoms with Gasteiger partial charge in [0.25, 0.3) is 0 Å². The normalized spacial score (nSPS) is 61.6. The van der Waals surface area contributed by atoms with E-state index in [1.807, 2.05) is 0 Å². The van der Waals surface area contributed by atoms with Gasteiger partial charge in [0.1, 0.15) is 0 Å². The highest BCUT2D eigenvalue weighted by molar-refractivity contribution is 5.21. The van der Waals surface area contributed by atoms with Crippen molar-refractivity contribution in [2.45, 2.75) is 64.9 Å². The molecule has 0 aliphatic heterocycles. The van der Waals surface area contributed by atoms with Crippen molar-refractivity contribution in [1.82, 2.24) is 0 Å². The monoisotopic (exact) mass is 238 g/mol. The number of aliphatic hydroxyl groups excluding tert-OH is 1. The lowest BCUT2D eigenvalue weighted by atomic mass is 9.59. The quantitative estimate of drug-likeness (QED) is 0.737. The van der Waals surface area contributed by atoms with E-state index >= 15 is 0 Å². The van der Waals surface area contributed by atoms with E-state index in [1.54, 1.807) is 0 Å². The summed E-state index contributed by atoms with van der Waals surface area (Å²) in [7, 11) is 0. The summed E-state index contributed by atoms with van der Waals surface area (Å²) >= 11 is 0. The molecule has 0 unspecified atom stereocenters. The van der Waals surface area contributed by atoms with Gasteiger partial charge in [-0.15, -0.1) is 0 Å². The average Bonchev–Trinajstić information content (AvgIpc) is 2.67. The molecule has 3 aliphatic rings. The summed E-state index contributed by atoms with van der Waals surface area (Å²) in [6.07, 6.45) is 6.80. The predicted molar refractivity (Wildman–Crippen MR) is 67.5 cm³/mol. The highest BCUT2D eigenvalue weighted by Gasteiger charge is 2.72. The number of hydrogen-bond donors (Lipinski definition) is 2. The molecule has 2 heteroatoms. The highest BCUT2D eigenvalue weighted by atomic mass is 16.3. The van der Waals surface area contributed by atoms with Gasteiger partial charge >= 0.3 is 0 Å². The van der Waals surface area contributed by atoms with Crippen molar-refractivity contribution in [3.63, 3.8) is 0 Å². The van der Waals surface area contributed by atoms with Crippen LogP contribution in [-0.2, 0) is 0 Å². The van der Waals surface area contributed by atoms with Crippen molar-refractivity contribution in [3.05, 3.63) is 0 Å². The first kappa shape index (κ1) is 12.0. The lowest BCUT2D eigenvalue weighted by Gasteiger charge is -2.45. The standard InChI is InChI=1S/C15H26O2/c1-12-7-8-15(17,10-16)11(9-12)13(2)5-4-6-14(12,13)3/h11,16-17H,4-10H2,1-3H3/t11-,12+,13-,14+,15+/m0/s1. The Hall–Kier alpha value is -0.0800. The molecule has 3 saturated carbocycles. The van der Waals surface area contributed by atoms with Crippen molar-refractivity contribution in [1.29, 1.82) is 0 Å². The van der Waals surface area contributed by atoms with Gasteiger partial charge in [0.2, 0.25) is 0 Å². The zero-order chi connectivity index (χ0) is 12.5. The van der Waals surface area contributed by atoms with E-state index in [0.29, 0.717) is 16.7 Å². The van der Waals surface area contributed by atoms with Gasteiger partial charge in [-0.25, -0.2) is 0 Å². The van der Waals surface area contributed by atoms with Crippen LogP contribution in [0.25, 0.3) is 0 Å². The summed E-state index contributed by atoms with van der Waals surface area (Å²) in [6, 6.07) is 0. The molecule has 17 heavy (non-hydrogen) atoms. The maximum Gasteiger partial charge on any atom is 0.0911 e. The van der Waals surface area contributed by atoms with Gasteiger partial charge in [-0.05, 0) is 54.3 Å². The SMILES string of the molecule is C[C@@]12CC[C@@](O)(CO)[C@@H](C1)[C@]1(C)CCC[C@]21C. The van der Waals surface area contributed by atoms with Crippen LogP contribution in [0.3, 0.4) is 0 Å². The lowest BCUT2D eigenvalue weighted by molar-refractivity contribution is -0.113. The minimum atomic E-state index is -0.809. The summed E-state index contributed by atoms with van der Waals surface area (Å²) in [5.74, 6) is 0.297. The lowest BCUT2D eigenvalue weighted by Crippen LogP contribution is -2.48. The van der Waals surface area contributed by atoms with Crippen LogP contribution < -0.4 is 0 Å². The van der Waals surface area contributed by atoms with Gasteiger partial charge in [-0.3, -0.25) is 0 Å². The van der Waals surface area contributed by atoms with Crippen molar-refractivity contribution >= 4 is 0 Å². The van der Waals surface area contributed by atoms with Gasteiger partial charge in [0, 0.05) is 0 Å². The molecule has 3 rings (SSSR count). The van der Waals surface area contributed by atoms with Gasteiger partial charge in [0.15, 0.2) is 0 Å². The molecule has 0 heterocycles. The predicted octanol–water partition coefficient (Wildman–Crippen LogP) is 2.73. The van der Waals surface area contributed by atoms with E-state index in [0.717, 1.165) is 19.3 Å². The van der Waals surface area contributed by atoms with Crippen LogP contribution in [0.1, 0.15) is 59.3 Å². The van der Waals surface area contributed by atoms with E-state index < -0.39 is 5.60 Å². The average molecular weight is 238 g/mol. The second-order valence-corrected chi connectivity index (χ2v) is 7.68. The van der Waals surface area contributed by atoms with Crippen LogP contribution in [-0.4, -0.2) is 22.4 Å². The van der Waals surface area contributed by atoms with Crippen molar-refractivity contribution in [2.75, 3.05) is 6.61 Å². The molecule has 0 spiro atoms. The van der Waals surface area contributed by atoms with Crippen molar-refractivity contribution in [3.8, 4) is 0 Å². The zero-order valence-electron chi connectivity index (χ0n) is 11.4. The Kier molecular flexibility index (Phi) is 2.17. The Balaban J connectivity index is 2.12. The molecule has 0 saturated heterocycles. The Morgan fingerprint density at radius 2 is 1.76 bits per heavy atom. The van der Waals surface area contributed by atoms with Crippen LogP contribution in [0.5, 0.6) is 0 Å². The first-order chi connectivity index (χ1) is 7.81. The molecule has 3 fully saturated rings. The fourth-order valence-electron chi connectivity index (χ4n) is 5.84. The maximum absolute atomic E-state index is 10.8. The minimum Gasteiger partial charge on any atom is -0.393 e. The van der Waals surface area contributed by atoms with Crippen LogP contribution in [0.4, 0.5) is 0 Å². The molecule has 2 N–H and O–H groups in total. The summed E-state index contributed by atoms with van der Waals surface area (Å²) in [5.41, 5.74) is 0.167. The summed E-state index contributed by atoms with van der Waals surface area (Å²) in [5, 5.41) is 20.4. The molecule has 0 aromatic carbocycles. The minimum absolute atomic E-state index is 0.0561. The Morgan fingerprint density at radius 1 is 1.06 bits per heavy atom. The molecule has 0 radical (unpaired) electrons. The molecule has 0 aromatic heterocycles. The smallest absolute Gasteiger partial charge is 0.0911 e. The fourth-order valence-corrected chi connectivity index (χ4v) is 5.84. The van der Waals surface area contributed by atoms with E-state index in [1.165, 1.54) is 19.3 Å². The van der Waals surface area contributed by atoms with Gasteiger partial charge in [-0.1, -0.05) is 27.2 Å².